The van der Waals surface area contributed by atoms with Crippen molar-refractivity contribution in [2.45, 2.75) is 6.42 Å². The summed E-state index contributed by atoms with van der Waals surface area (Å²) < 4.78 is 0. The summed E-state index contributed by atoms with van der Waals surface area (Å²) in [4.78, 5) is 8.71. The second kappa shape index (κ2) is 5.89. The second-order valence-electron chi connectivity index (χ2n) is 4.62. The minimum Gasteiger partial charge on any atom is -0.324 e. The van der Waals surface area contributed by atoms with Gasteiger partial charge in [0, 0.05) is 29.0 Å². The lowest BCUT2D eigenvalue weighted by molar-refractivity contribution is 1.14. The molecule has 1 aliphatic carbocycles. The number of aromatic nitrogens is 2. The Bertz CT molecular complexity index is 749. The highest BCUT2D eigenvalue weighted by atomic mass is 35.5. The first-order valence-corrected chi connectivity index (χ1v) is 6.90. The minimum absolute atomic E-state index is 0.518. The summed E-state index contributed by atoms with van der Waals surface area (Å²) in [5, 5.41) is 11.4. The average molecular weight is 297 g/mol. The smallest absolute Gasteiger partial charge is 0.227 e. The molecule has 1 aliphatic rings. The molecule has 0 bridgehead atoms. The van der Waals surface area contributed by atoms with E-state index in [9.17, 15) is 0 Å². The molecule has 0 spiro atoms. The molecule has 21 heavy (non-hydrogen) atoms. The monoisotopic (exact) mass is 296 g/mol. The Labute approximate surface area is 127 Å². The molecule has 0 radical (unpaired) electrons. The van der Waals surface area contributed by atoms with Crippen LogP contribution in [0.25, 0.3) is 5.57 Å². The topological polar surface area (TPSA) is 61.7 Å². The molecular formula is C16H13ClN4. The van der Waals surface area contributed by atoms with Crippen LogP contribution in [0.5, 0.6) is 0 Å². The summed E-state index contributed by atoms with van der Waals surface area (Å²) in [7, 11) is 0. The summed E-state index contributed by atoms with van der Waals surface area (Å²) in [6.07, 6.45) is 8.03. The van der Waals surface area contributed by atoms with Crippen molar-refractivity contribution in [1.29, 1.82) is 5.41 Å². The van der Waals surface area contributed by atoms with Crippen LogP contribution >= 0.6 is 11.6 Å². The maximum atomic E-state index is 7.56. The summed E-state index contributed by atoms with van der Waals surface area (Å²) in [6.45, 7) is 0. The first kappa shape index (κ1) is 13.5. The molecule has 1 aromatic carbocycles. The number of rotatable bonds is 3. The van der Waals surface area contributed by atoms with Crippen LogP contribution in [-0.4, -0.2) is 15.7 Å². The molecule has 0 atom stereocenters. The number of hydrogen-bond donors (Lipinski definition) is 2. The molecule has 0 saturated heterocycles. The molecule has 104 valence electrons. The van der Waals surface area contributed by atoms with E-state index in [1.807, 2.05) is 42.5 Å². The molecule has 1 aromatic heterocycles. The van der Waals surface area contributed by atoms with Gasteiger partial charge in [-0.2, -0.15) is 0 Å². The zero-order valence-electron chi connectivity index (χ0n) is 11.2. The lowest BCUT2D eigenvalue weighted by atomic mass is 10.0. The van der Waals surface area contributed by atoms with E-state index in [1.54, 1.807) is 12.3 Å². The minimum atomic E-state index is 0.518. The molecule has 0 unspecified atom stereocenters. The van der Waals surface area contributed by atoms with Gasteiger partial charge in [0.1, 0.15) is 0 Å². The number of hydrogen-bond acceptors (Lipinski definition) is 4. The van der Waals surface area contributed by atoms with Crippen LogP contribution in [0, 0.1) is 5.41 Å². The van der Waals surface area contributed by atoms with Crippen molar-refractivity contribution in [2.24, 2.45) is 0 Å². The van der Waals surface area contributed by atoms with E-state index in [4.69, 9.17) is 17.0 Å². The average Bonchev–Trinajstić information content (AvgIpc) is 2.48. The number of nitrogens with zero attached hydrogens (tertiary/aromatic N) is 2. The van der Waals surface area contributed by atoms with Gasteiger partial charge in [0.15, 0.2) is 0 Å². The fraction of sp³-hybridized carbons (Fsp3) is 0.0625. The number of anilines is 2. The van der Waals surface area contributed by atoms with Crippen molar-refractivity contribution in [3.8, 4) is 0 Å². The van der Waals surface area contributed by atoms with Crippen molar-refractivity contribution in [1.82, 2.24) is 9.97 Å². The Hall–Kier alpha value is -2.46. The molecule has 2 aromatic rings. The highest BCUT2D eigenvalue weighted by Gasteiger charge is 2.07. The predicted molar refractivity (Wildman–Crippen MR) is 86.2 cm³/mol. The van der Waals surface area contributed by atoms with Crippen LogP contribution in [0.15, 0.2) is 54.8 Å². The fourth-order valence-electron chi connectivity index (χ4n) is 2.01. The Morgan fingerprint density at radius 3 is 2.86 bits per heavy atom. The van der Waals surface area contributed by atoms with Gasteiger partial charge in [-0.25, -0.2) is 9.97 Å². The Morgan fingerprint density at radius 1 is 1.19 bits per heavy atom. The molecule has 2 N–H and O–H groups in total. The maximum absolute atomic E-state index is 7.56. The molecule has 0 saturated carbocycles. The molecule has 1 heterocycles. The SMILES string of the molecule is N=C1C=CC(c2ccnc(Nc3cccc(Cl)c3)n2)=CC1. The predicted octanol–water partition coefficient (Wildman–Crippen LogP) is 4.24. The number of benzene rings is 1. The van der Waals surface area contributed by atoms with Crippen LogP contribution in [0.2, 0.25) is 5.02 Å². The van der Waals surface area contributed by atoms with E-state index in [1.165, 1.54) is 0 Å². The van der Waals surface area contributed by atoms with Crippen LogP contribution < -0.4 is 5.32 Å². The summed E-state index contributed by atoms with van der Waals surface area (Å²) >= 11 is 5.96. The van der Waals surface area contributed by atoms with Crippen molar-refractivity contribution < 1.29 is 0 Å². The van der Waals surface area contributed by atoms with Gasteiger partial charge in [-0.1, -0.05) is 29.8 Å². The lowest BCUT2D eigenvalue weighted by Crippen LogP contribution is -2.01. The van der Waals surface area contributed by atoms with Gasteiger partial charge < -0.3 is 10.7 Å². The first-order chi connectivity index (χ1) is 10.2. The third kappa shape index (κ3) is 3.35. The largest absolute Gasteiger partial charge is 0.324 e. The standard InChI is InChI=1S/C16H13ClN4/c17-12-2-1-3-14(10-12)20-16-19-9-8-15(21-16)11-4-6-13(18)7-5-11/h1-6,8-10,18H,7H2,(H,19,20,21). The van der Waals surface area contributed by atoms with Gasteiger partial charge in [0.2, 0.25) is 5.95 Å². The molecule has 4 nitrogen and oxygen atoms in total. The van der Waals surface area contributed by atoms with Gasteiger partial charge in [-0.3, -0.25) is 0 Å². The molecule has 0 aliphatic heterocycles. The molecule has 0 fully saturated rings. The number of allylic oxidation sites excluding steroid dienone is 4. The van der Waals surface area contributed by atoms with Gasteiger partial charge in [0.25, 0.3) is 0 Å². The van der Waals surface area contributed by atoms with Crippen molar-refractivity contribution in [2.75, 3.05) is 5.32 Å². The van der Waals surface area contributed by atoms with Gasteiger partial charge >= 0.3 is 0 Å². The van der Waals surface area contributed by atoms with Crippen LogP contribution in [0.3, 0.4) is 0 Å². The Balaban J connectivity index is 1.84. The highest BCUT2D eigenvalue weighted by molar-refractivity contribution is 6.30. The van der Waals surface area contributed by atoms with Gasteiger partial charge in [-0.15, -0.1) is 0 Å². The van der Waals surface area contributed by atoms with E-state index in [0.717, 1.165) is 17.0 Å². The van der Waals surface area contributed by atoms with Crippen LogP contribution in [0.4, 0.5) is 11.6 Å². The fourth-order valence-corrected chi connectivity index (χ4v) is 2.20. The van der Waals surface area contributed by atoms with Crippen molar-refractivity contribution >= 4 is 34.5 Å². The van der Waals surface area contributed by atoms with Gasteiger partial charge in [0.05, 0.1) is 5.69 Å². The van der Waals surface area contributed by atoms with Crippen LogP contribution in [-0.2, 0) is 0 Å². The second-order valence-corrected chi connectivity index (χ2v) is 5.06. The molecule has 5 heteroatoms. The third-order valence-electron chi connectivity index (χ3n) is 3.04. The molecule has 0 amide bonds. The number of nitrogens with one attached hydrogen (secondary N) is 2. The first-order valence-electron chi connectivity index (χ1n) is 6.52. The van der Waals surface area contributed by atoms with Gasteiger partial charge in [-0.05, 0) is 35.9 Å². The van der Waals surface area contributed by atoms with E-state index < -0.39 is 0 Å². The van der Waals surface area contributed by atoms with E-state index in [2.05, 4.69) is 15.3 Å². The van der Waals surface area contributed by atoms with E-state index >= 15 is 0 Å². The van der Waals surface area contributed by atoms with E-state index in [0.29, 0.717) is 23.1 Å². The van der Waals surface area contributed by atoms with Crippen molar-refractivity contribution in [3.05, 3.63) is 65.5 Å². The maximum Gasteiger partial charge on any atom is 0.227 e. The Kier molecular flexibility index (Phi) is 3.79. The summed E-state index contributed by atoms with van der Waals surface area (Å²) in [6, 6.07) is 9.26. The zero-order valence-corrected chi connectivity index (χ0v) is 11.9. The third-order valence-corrected chi connectivity index (χ3v) is 3.27. The number of halogens is 1. The van der Waals surface area contributed by atoms with Crippen molar-refractivity contribution in [3.63, 3.8) is 0 Å². The normalized spacial score (nSPS) is 14.0. The zero-order chi connectivity index (χ0) is 14.7. The van der Waals surface area contributed by atoms with Crippen LogP contribution in [0.1, 0.15) is 12.1 Å². The summed E-state index contributed by atoms with van der Waals surface area (Å²) in [5.74, 6) is 0.518. The molecular weight excluding hydrogens is 284 g/mol. The summed E-state index contributed by atoms with van der Waals surface area (Å²) in [5.41, 5.74) is 3.28. The Morgan fingerprint density at radius 2 is 2.10 bits per heavy atom. The highest BCUT2D eigenvalue weighted by Crippen LogP contribution is 2.21. The quantitative estimate of drug-likeness (QED) is 0.890. The van der Waals surface area contributed by atoms with E-state index in [-0.39, 0.29) is 0 Å². The lowest BCUT2D eigenvalue weighted by Gasteiger charge is -2.09. The molecule has 3 rings (SSSR count).